The summed E-state index contributed by atoms with van der Waals surface area (Å²) in [5.41, 5.74) is 7.06. The smallest absolute Gasteiger partial charge is 0.305 e. The lowest BCUT2D eigenvalue weighted by molar-refractivity contribution is -0.121. The Labute approximate surface area is 161 Å². The Morgan fingerprint density at radius 3 is 2.52 bits per heavy atom. The molecule has 0 spiro atoms. The van der Waals surface area contributed by atoms with E-state index in [0.29, 0.717) is 0 Å². The van der Waals surface area contributed by atoms with Crippen molar-refractivity contribution >= 4 is 23.2 Å². The van der Waals surface area contributed by atoms with E-state index < -0.39 is 5.91 Å². The van der Waals surface area contributed by atoms with Crippen LogP contribution in [0.15, 0.2) is 64.6 Å². The van der Waals surface area contributed by atoms with Crippen molar-refractivity contribution in [2.45, 2.75) is 19.4 Å². The maximum Gasteiger partial charge on any atom is 0.305 e. The van der Waals surface area contributed by atoms with Gasteiger partial charge in [0, 0.05) is 4.88 Å². The van der Waals surface area contributed by atoms with Crippen molar-refractivity contribution in [2.75, 3.05) is 6.54 Å². The van der Waals surface area contributed by atoms with Crippen LogP contribution in [0.2, 0.25) is 0 Å². The van der Waals surface area contributed by atoms with E-state index in [1.807, 2.05) is 17.5 Å². The van der Waals surface area contributed by atoms with Gasteiger partial charge in [0.25, 0.3) is 5.91 Å². The van der Waals surface area contributed by atoms with Crippen molar-refractivity contribution < 1.29 is 14.0 Å². The topological polar surface area (TPSA) is 83.4 Å². The van der Waals surface area contributed by atoms with E-state index in [1.54, 1.807) is 17.4 Å². The normalized spacial score (nSPS) is 11.7. The first-order valence-electron chi connectivity index (χ1n) is 8.65. The fraction of sp³-hybridized carbons (Fsp3) is 0.200. The molecular formula is C20H21N3O3S. The van der Waals surface area contributed by atoms with E-state index in [1.165, 1.54) is 17.9 Å². The number of carbonyl (C=O) groups excluding carboxylic acids is 2. The second kappa shape index (κ2) is 9.16. The zero-order chi connectivity index (χ0) is 19.1. The van der Waals surface area contributed by atoms with Gasteiger partial charge in [-0.25, -0.2) is 0 Å². The number of amides is 2. The van der Waals surface area contributed by atoms with Crippen LogP contribution in [0.3, 0.4) is 0 Å². The predicted octanol–water partition coefficient (Wildman–Crippen LogP) is 3.04. The molecule has 2 aromatic heterocycles. The number of rotatable bonds is 7. The summed E-state index contributed by atoms with van der Waals surface area (Å²) in [7, 11) is 0. The molecule has 0 fully saturated rings. The fourth-order valence-corrected chi connectivity index (χ4v) is 3.45. The highest BCUT2D eigenvalue weighted by atomic mass is 32.1. The third-order valence-electron chi connectivity index (χ3n) is 4.08. The Balaban J connectivity index is 1.59. The van der Waals surface area contributed by atoms with Crippen LogP contribution in [-0.2, 0) is 11.2 Å². The second-order valence-corrected chi connectivity index (χ2v) is 6.88. The SMILES string of the molecule is CCc1ccc([C@@H](NCC(=O)NNC(=O)c2ccco2)c2cccs2)cc1. The summed E-state index contributed by atoms with van der Waals surface area (Å²) in [6.45, 7) is 2.17. The number of benzene rings is 1. The number of furan rings is 1. The van der Waals surface area contributed by atoms with E-state index in [9.17, 15) is 9.59 Å². The summed E-state index contributed by atoms with van der Waals surface area (Å²) in [6.07, 6.45) is 2.38. The Morgan fingerprint density at radius 2 is 1.89 bits per heavy atom. The maximum atomic E-state index is 12.1. The summed E-state index contributed by atoms with van der Waals surface area (Å²) >= 11 is 1.63. The number of aryl methyl sites for hydroxylation is 1. The van der Waals surface area contributed by atoms with Crippen molar-refractivity contribution in [2.24, 2.45) is 0 Å². The summed E-state index contributed by atoms with van der Waals surface area (Å²) in [4.78, 5) is 25.0. The van der Waals surface area contributed by atoms with Crippen LogP contribution in [0, 0.1) is 0 Å². The molecule has 0 radical (unpaired) electrons. The first-order valence-corrected chi connectivity index (χ1v) is 9.53. The van der Waals surface area contributed by atoms with Crippen LogP contribution in [0.1, 0.15) is 39.5 Å². The molecule has 3 rings (SSSR count). The van der Waals surface area contributed by atoms with Crippen molar-refractivity contribution in [3.63, 3.8) is 0 Å². The van der Waals surface area contributed by atoms with Gasteiger partial charge < -0.3 is 4.42 Å². The largest absolute Gasteiger partial charge is 0.459 e. The van der Waals surface area contributed by atoms with Gasteiger partial charge in [-0.05, 0) is 41.1 Å². The Hall–Kier alpha value is -2.90. The molecule has 1 aromatic carbocycles. The lowest BCUT2D eigenvalue weighted by Crippen LogP contribution is -2.45. The molecule has 2 amide bonds. The number of carbonyl (C=O) groups is 2. The molecular weight excluding hydrogens is 362 g/mol. The third kappa shape index (κ3) is 5.06. The molecule has 3 N–H and O–H groups in total. The lowest BCUT2D eigenvalue weighted by Gasteiger charge is -2.18. The van der Waals surface area contributed by atoms with Crippen LogP contribution in [0.4, 0.5) is 0 Å². The monoisotopic (exact) mass is 383 g/mol. The summed E-state index contributed by atoms with van der Waals surface area (Å²) in [5, 5.41) is 5.27. The van der Waals surface area contributed by atoms with Crippen molar-refractivity contribution in [1.29, 1.82) is 0 Å². The molecule has 0 aliphatic carbocycles. The van der Waals surface area contributed by atoms with E-state index in [0.717, 1.165) is 16.9 Å². The van der Waals surface area contributed by atoms with Crippen molar-refractivity contribution in [1.82, 2.24) is 16.2 Å². The number of hydrogen-bond donors (Lipinski definition) is 3. The minimum Gasteiger partial charge on any atom is -0.459 e. The van der Waals surface area contributed by atoms with E-state index in [-0.39, 0.29) is 24.3 Å². The number of hydrazine groups is 1. The molecule has 6 nitrogen and oxygen atoms in total. The van der Waals surface area contributed by atoms with Gasteiger partial charge in [-0.1, -0.05) is 37.3 Å². The van der Waals surface area contributed by atoms with Gasteiger partial charge in [-0.3, -0.25) is 25.8 Å². The van der Waals surface area contributed by atoms with Gasteiger partial charge in [0.1, 0.15) is 0 Å². The highest BCUT2D eigenvalue weighted by Crippen LogP contribution is 2.26. The van der Waals surface area contributed by atoms with Gasteiger partial charge >= 0.3 is 5.91 Å². The van der Waals surface area contributed by atoms with E-state index in [4.69, 9.17) is 4.42 Å². The van der Waals surface area contributed by atoms with Crippen LogP contribution < -0.4 is 16.2 Å². The minimum absolute atomic E-state index is 0.0521. The first-order chi connectivity index (χ1) is 13.2. The number of hydrogen-bond acceptors (Lipinski definition) is 5. The third-order valence-corrected chi connectivity index (χ3v) is 5.01. The van der Waals surface area contributed by atoms with Crippen LogP contribution in [-0.4, -0.2) is 18.4 Å². The van der Waals surface area contributed by atoms with Crippen LogP contribution in [0.5, 0.6) is 0 Å². The van der Waals surface area contributed by atoms with Gasteiger partial charge in [0.2, 0.25) is 0 Å². The van der Waals surface area contributed by atoms with Crippen LogP contribution >= 0.6 is 11.3 Å². The highest BCUT2D eigenvalue weighted by molar-refractivity contribution is 7.10. The molecule has 1 atom stereocenters. The first kappa shape index (κ1) is 18.9. The van der Waals surface area contributed by atoms with Gasteiger partial charge in [-0.15, -0.1) is 11.3 Å². The number of thiophene rings is 1. The second-order valence-electron chi connectivity index (χ2n) is 5.90. The van der Waals surface area contributed by atoms with Gasteiger partial charge in [0.15, 0.2) is 5.76 Å². The molecule has 27 heavy (non-hydrogen) atoms. The Kier molecular flexibility index (Phi) is 6.40. The molecule has 7 heteroatoms. The molecule has 3 aromatic rings. The predicted molar refractivity (Wildman–Crippen MR) is 104 cm³/mol. The molecule has 0 aliphatic heterocycles. The van der Waals surface area contributed by atoms with Gasteiger partial charge in [-0.2, -0.15) is 0 Å². The zero-order valence-corrected chi connectivity index (χ0v) is 15.7. The minimum atomic E-state index is -0.502. The lowest BCUT2D eigenvalue weighted by atomic mass is 10.0. The molecule has 2 heterocycles. The zero-order valence-electron chi connectivity index (χ0n) is 14.9. The standard InChI is InChI=1S/C20H21N3O3S/c1-2-14-7-9-15(10-8-14)19(17-6-4-12-27-17)21-13-18(24)22-23-20(25)16-5-3-11-26-16/h3-12,19,21H,2,13H2,1H3,(H,22,24)(H,23,25)/t19-/m1/s1. The molecule has 0 unspecified atom stereocenters. The maximum absolute atomic E-state index is 12.1. The summed E-state index contributed by atoms with van der Waals surface area (Å²) < 4.78 is 4.97. The molecule has 140 valence electrons. The Morgan fingerprint density at radius 1 is 1.07 bits per heavy atom. The molecule has 0 bridgehead atoms. The molecule has 0 saturated carbocycles. The van der Waals surface area contributed by atoms with Crippen molar-refractivity contribution in [3.8, 4) is 0 Å². The average Bonchev–Trinajstić information content (AvgIpc) is 3.41. The molecule has 0 aliphatic rings. The van der Waals surface area contributed by atoms with E-state index >= 15 is 0 Å². The van der Waals surface area contributed by atoms with Gasteiger partial charge in [0.05, 0.1) is 18.8 Å². The average molecular weight is 383 g/mol. The quantitative estimate of drug-likeness (QED) is 0.548. The summed E-state index contributed by atoms with van der Waals surface area (Å²) in [6, 6.07) is 15.4. The fourth-order valence-electron chi connectivity index (χ4n) is 2.62. The number of nitrogens with one attached hydrogen (secondary N) is 3. The van der Waals surface area contributed by atoms with E-state index in [2.05, 4.69) is 47.4 Å². The summed E-state index contributed by atoms with van der Waals surface area (Å²) in [5.74, 6) is -0.712. The Bertz CT molecular complexity index is 859. The van der Waals surface area contributed by atoms with Crippen LogP contribution in [0.25, 0.3) is 0 Å². The molecule has 0 saturated heterocycles. The highest BCUT2D eigenvalue weighted by Gasteiger charge is 2.17. The van der Waals surface area contributed by atoms with Crippen molar-refractivity contribution in [3.05, 3.63) is 81.9 Å².